The zero-order valence-corrected chi connectivity index (χ0v) is 10.8. The van der Waals surface area contributed by atoms with Crippen LogP contribution in [0.1, 0.15) is 20.7 Å². The third kappa shape index (κ3) is 2.86. The number of aromatic carboxylic acids is 1. The lowest BCUT2D eigenvalue weighted by Crippen LogP contribution is -2.13. The Bertz CT molecular complexity index is 688. The molecule has 1 aromatic heterocycles. The number of pyridine rings is 1. The summed E-state index contributed by atoms with van der Waals surface area (Å²) in [6.07, 6.45) is 1.40. The molecule has 102 valence electrons. The predicted octanol–water partition coefficient (Wildman–Crippen LogP) is 2.32. The van der Waals surface area contributed by atoms with Crippen molar-refractivity contribution in [3.05, 3.63) is 52.7 Å². The van der Waals surface area contributed by atoms with Crippen molar-refractivity contribution in [1.29, 1.82) is 0 Å². The van der Waals surface area contributed by atoms with Crippen molar-refractivity contribution in [3.63, 3.8) is 0 Å². The maximum absolute atomic E-state index is 11.3. The second kappa shape index (κ2) is 5.58. The molecule has 0 spiro atoms. The number of carbonyl (C=O) groups excluding carboxylic acids is 1. The Hall–Kier alpha value is -2.60. The Morgan fingerprint density at radius 1 is 1.25 bits per heavy atom. The van der Waals surface area contributed by atoms with E-state index in [1.54, 1.807) is 0 Å². The average Bonchev–Trinajstić information content (AvgIpc) is 2.38. The van der Waals surface area contributed by atoms with E-state index in [2.05, 4.69) is 4.98 Å². The number of carboxylic acids is 1. The standard InChI is InChI=1S/C13H9ClN2O4/c14-7-3-4-8(13(18)19)10(6-7)20-12-9(11(15)17)2-1-5-16-12/h1-6H,(H2,15,17)(H,18,19). The highest BCUT2D eigenvalue weighted by atomic mass is 35.5. The Balaban J connectivity index is 2.47. The first-order valence-electron chi connectivity index (χ1n) is 5.44. The first kappa shape index (κ1) is 13.8. The lowest BCUT2D eigenvalue weighted by Gasteiger charge is -2.10. The second-order valence-corrected chi connectivity index (χ2v) is 4.20. The van der Waals surface area contributed by atoms with Crippen LogP contribution in [-0.4, -0.2) is 22.0 Å². The van der Waals surface area contributed by atoms with E-state index in [1.165, 1.54) is 36.5 Å². The highest BCUT2D eigenvalue weighted by Gasteiger charge is 2.16. The van der Waals surface area contributed by atoms with Gasteiger partial charge in [0, 0.05) is 17.3 Å². The van der Waals surface area contributed by atoms with Crippen molar-refractivity contribution in [1.82, 2.24) is 4.98 Å². The van der Waals surface area contributed by atoms with E-state index in [0.29, 0.717) is 5.02 Å². The van der Waals surface area contributed by atoms with Crippen molar-refractivity contribution in [2.24, 2.45) is 5.73 Å². The summed E-state index contributed by atoms with van der Waals surface area (Å²) in [5.41, 5.74) is 5.14. The second-order valence-electron chi connectivity index (χ2n) is 3.77. The van der Waals surface area contributed by atoms with Crippen LogP contribution in [0.4, 0.5) is 0 Å². The molecule has 0 aliphatic heterocycles. The summed E-state index contributed by atoms with van der Waals surface area (Å²) in [6, 6.07) is 6.99. The minimum absolute atomic E-state index is 0.0220. The summed E-state index contributed by atoms with van der Waals surface area (Å²) in [7, 11) is 0. The number of rotatable bonds is 4. The molecule has 0 bridgehead atoms. The summed E-state index contributed by atoms with van der Waals surface area (Å²) < 4.78 is 5.37. The number of primary amides is 1. The fraction of sp³-hybridized carbons (Fsp3) is 0. The average molecular weight is 293 g/mol. The molecule has 1 amide bonds. The van der Waals surface area contributed by atoms with Crippen LogP contribution in [0.5, 0.6) is 11.6 Å². The summed E-state index contributed by atoms with van der Waals surface area (Å²) in [4.78, 5) is 26.2. The van der Waals surface area contributed by atoms with Gasteiger partial charge in [0.05, 0.1) is 0 Å². The normalized spacial score (nSPS) is 10.1. The molecule has 3 N–H and O–H groups in total. The van der Waals surface area contributed by atoms with Gasteiger partial charge in [-0.1, -0.05) is 11.6 Å². The van der Waals surface area contributed by atoms with Crippen molar-refractivity contribution < 1.29 is 19.4 Å². The Morgan fingerprint density at radius 2 is 2.00 bits per heavy atom. The molecule has 0 atom stereocenters. The van der Waals surface area contributed by atoms with Crippen molar-refractivity contribution >= 4 is 23.5 Å². The minimum Gasteiger partial charge on any atom is -0.478 e. The number of aromatic nitrogens is 1. The number of hydrogen-bond acceptors (Lipinski definition) is 4. The number of carboxylic acid groups (broad SMARTS) is 1. The van der Waals surface area contributed by atoms with Gasteiger partial charge in [-0.05, 0) is 24.3 Å². The van der Waals surface area contributed by atoms with Crippen LogP contribution in [0, 0.1) is 0 Å². The van der Waals surface area contributed by atoms with Gasteiger partial charge in [-0.15, -0.1) is 0 Å². The molecule has 1 aromatic carbocycles. The fourth-order valence-corrected chi connectivity index (χ4v) is 1.68. The number of nitrogens with two attached hydrogens (primary N) is 1. The van der Waals surface area contributed by atoms with E-state index in [-0.39, 0.29) is 22.8 Å². The summed E-state index contributed by atoms with van der Waals surface area (Å²) in [6.45, 7) is 0. The molecule has 2 aromatic rings. The molecule has 0 fully saturated rings. The maximum Gasteiger partial charge on any atom is 0.339 e. The van der Waals surface area contributed by atoms with Crippen molar-refractivity contribution in [2.75, 3.05) is 0 Å². The molecule has 6 nitrogen and oxygen atoms in total. The van der Waals surface area contributed by atoms with Gasteiger partial charge in [0.2, 0.25) is 5.88 Å². The number of amides is 1. The third-order valence-electron chi connectivity index (χ3n) is 2.42. The Morgan fingerprint density at radius 3 is 2.65 bits per heavy atom. The molecule has 0 saturated heterocycles. The Labute approximate surface area is 118 Å². The lowest BCUT2D eigenvalue weighted by atomic mass is 10.2. The van der Waals surface area contributed by atoms with Crippen LogP contribution >= 0.6 is 11.6 Å². The first-order chi connectivity index (χ1) is 9.49. The van der Waals surface area contributed by atoms with Gasteiger partial charge < -0.3 is 15.6 Å². The zero-order valence-electron chi connectivity index (χ0n) is 10.0. The van der Waals surface area contributed by atoms with E-state index in [1.807, 2.05) is 0 Å². The van der Waals surface area contributed by atoms with Crippen LogP contribution in [0.25, 0.3) is 0 Å². The molecule has 0 saturated carbocycles. The molecular formula is C13H9ClN2O4. The number of nitrogens with zero attached hydrogens (tertiary/aromatic N) is 1. The molecule has 0 unspecified atom stereocenters. The van der Waals surface area contributed by atoms with Crippen LogP contribution in [0.3, 0.4) is 0 Å². The summed E-state index contributed by atoms with van der Waals surface area (Å²) >= 11 is 5.81. The zero-order chi connectivity index (χ0) is 14.7. The molecule has 2 rings (SSSR count). The van der Waals surface area contributed by atoms with E-state index in [4.69, 9.17) is 27.2 Å². The van der Waals surface area contributed by atoms with Crippen LogP contribution in [0.2, 0.25) is 5.02 Å². The van der Waals surface area contributed by atoms with E-state index in [0.717, 1.165) is 0 Å². The molecule has 0 aliphatic rings. The summed E-state index contributed by atoms with van der Waals surface area (Å²) in [5, 5.41) is 9.37. The lowest BCUT2D eigenvalue weighted by molar-refractivity contribution is 0.0694. The highest BCUT2D eigenvalue weighted by Crippen LogP contribution is 2.29. The van der Waals surface area contributed by atoms with Gasteiger partial charge in [-0.25, -0.2) is 9.78 Å². The molecule has 0 radical (unpaired) electrons. The molecule has 7 heteroatoms. The Kier molecular flexibility index (Phi) is 3.86. The topological polar surface area (TPSA) is 103 Å². The monoisotopic (exact) mass is 292 g/mol. The molecule has 20 heavy (non-hydrogen) atoms. The number of ether oxygens (including phenoxy) is 1. The number of halogens is 1. The summed E-state index contributed by atoms with van der Waals surface area (Å²) in [5.74, 6) is -2.02. The predicted molar refractivity (Wildman–Crippen MR) is 71.2 cm³/mol. The van der Waals surface area contributed by atoms with E-state index >= 15 is 0 Å². The number of hydrogen-bond donors (Lipinski definition) is 2. The smallest absolute Gasteiger partial charge is 0.339 e. The fourth-order valence-electron chi connectivity index (χ4n) is 1.52. The van der Waals surface area contributed by atoms with Crippen LogP contribution in [0.15, 0.2) is 36.5 Å². The number of benzene rings is 1. The van der Waals surface area contributed by atoms with Crippen molar-refractivity contribution in [3.8, 4) is 11.6 Å². The van der Waals surface area contributed by atoms with E-state index in [9.17, 15) is 9.59 Å². The SMILES string of the molecule is NC(=O)c1cccnc1Oc1cc(Cl)ccc1C(=O)O. The minimum atomic E-state index is -1.19. The molecule has 1 heterocycles. The molecular weight excluding hydrogens is 284 g/mol. The van der Waals surface area contributed by atoms with Gasteiger partial charge in [-0.3, -0.25) is 4.79 Å². The van der Waals surface area contributed by atoms with Crippen LogP contribution < -0.4 is 10.5 Å². The van der Waals surface area contributed by atoms with Gasteiger partial charge in [0.25, 0.3) is 5.91 Å². The van der Waals surface area contributed by atoms with Gasteiger partial charge in [-0.2, -0.15) is 0 Å². The highest BCUT2D eigenvalue weighted by molar-refractivity contribution is 6.30. The van der Waals surface area contributed by atoms with Crippen molar-refractivity contribution in [2.45, 2.75) is 0 Å². The van der Waals surface area contributed by atoms with Crippen LogP contribution in [-0.2, 0) is 0 Å². The van der Waals surface area contributed by atoms with E-state index < -0.39 is 11.9 Å². The van der Waals surface area contributed by atoms with Gasteiger partial charge in [0.1, 0.15) is 16.9 Å². The largest absolute Gasteiger partial charge is 0.478 e. The molecule has 0 aliphatic carbocycles. The number of carbonyl (C=O) groups is 2. The first-order valence-corrected chi connectivity index (χ1v) is 5.82. The third-order valence-corrected chi connectivity index (χ3v) is 2.65. The van der Waals surface area contributed by atoms with Gasteiger partial charge >= 0.3 is 5.97 Å². The maximum atomic E-state index is 11.3. The quantitative estimate of drug-likeness (QED) is 0.900. The van der Waals surface area contributed by atoms with Gasteiger partial charge in [0.15, 0.2) is 0 Å².